The third-order valence-electron chi connectivity index (χ3n) is 5.62. The Morgan fingerprint density at radius 1 is 1.32 bits per heavy atom. The minimum Gasteiger partial charge on any atom is -0.497 e. The van der Waals surface area contributed by atoms with Crippen LogP contribution in [0.4, 0.5) is 10.5 Å². The van der Waals surface area contributed by atoms with Crippen LogP contribution in [0, 0.1) is 5.92 Å². The van der Waals surface area contributed by atoms with Crippen LogP contribution in [0.2, 0.25) is 0 Å². The van der Waals surface area contributed by atoms with Crippen LogP contribution in [0.15, 0.2) is 58.3 Å². The third-order valence-corrected chi connectivity index (χ3v) is 5.62. The number of piperidine rings is 1. The topological polar surface area (TPSA) is 80.0 Å². The van der Waals surface area contributed by atoms with Gasteiger partial charge >= 0.3 is 6.03 Å². The highest BCUT2D eigenvalue weighted by atomic mass is 16.5. The number of hydrogen-bond donors (Lipinski definition) is 1. The highest BCUT2D eigenvalue weighted by Crippen LogP contribution is 2.26. The predicted octanol–water partition coefficient (Wildman–Crippen LogP) is 4.78. The van der Waals surface area contributed by atoms with Crippen LogP contribution in [-0.2, 0) is 6.42 Å². The van der Waals surface area contributed by atoms with E-state index in [4.69, 9.17) is 9.15 Å². The Morgan fingerprint density at radius 2 is 2.19 bits per heavy atom. The summed E-state index contributed by atoms with van der Waals surface area (Å²) in [5.74, 6) is 2.17. The molecule has 0 radical (unpaired) electrons. The molecule has 1 fully saturated rings. The van der Waals surface area contributed by atoms with Gasteiger partial charge in [-0.1, -0.05) is 0 Å². The minimum absolute atomic E-state index is 0.0795. The summed E-state index contributed by atoms with van der Waals surface area (Å²) in [5, 5.41) is 3.91. The van der Waals surface area contributed by atoms with Crippen LogP contribution in [0.3, 0.4) is 0 Å². The van der Waals surface area contributed by atoms with Gasteiger partial charge in [-0.25, -0.2) is 4.79 Å². The van der Waals surface area contributed by atoms with E-state index in [1.807, 2.05) is 41.3 Å². The summed E-state index contributed by atoms with van der Waals surface area (Å²) in [6, 6.07) is 11.3. The molecule has 0 unspecified atom stereocenters. The number of aliphatic imine (C=N–C) groups is 1. The van der Waals surface area contributed by atoms with E-state index in [1.54, 1.807) is 19.6 Å². The molecule has 3 aromatic rings. The number of aromatic nitrogens is 1. The number of amides is 2. The van der Waals surface area contributed by atoms with Gasteiger partial charge in [-0.3, -0.25) is 9.98 Å². The number of carbonyl (C=O) groups is 1. The first-order valence-electron chi connectivity index (χ1n) is 10.7. The van der Waals surface area contributed by atoms with E-state index < -0.39 is 0 Å². The average Bonchev–Trinajstić information content (AvgIpc) is 3.33. The lowest BCUT2D eigenvalue weighted by Crippen LogP contribution is -2.41. The van der Waals surface area contributed by atoms with E-state index in [0.717, 1.165) is 73.4 Å². The zero-order valence-electron chi connectivity index (χ0n) is 17.8. The maximum Gasteiger partial charge on any atom is 0.321 e. The lowest BCUT2D eigenvalue weighted by atomic mass is 9.98. The number of nitrogens with one attached hydrogen (secondary N) is 1. The number of nitrogens with zero attached hydrogens (tertiary/aromatic N) is 3. The fourth-order valence-corrected chi connectivity index (χ4v) is 3.83. The van der Waals surface area contributed by atoms with Gasteiger partial charge in [-0.2, -0.15) is 0 Å². The Balaban J connectivity index is 1.26. The Kier molecular flexibility index (Phi) is 6.82. The predicted molar refractivity (Wildman–Crippen MR) is 122 cm³/mol. The van der Waals surface area contributed by atoms with Crippen molar-refractivity contribution < 1.29 is 13.9 Å². The Bertz CT molecular complexity index is 1020. The number of ether oxygens (including phenoxy) is 1. The normalized spacial score (nSPS) is 14.9. The van der Waals surface area contributed by atoms with Gasteiger partial charge in [0.1, 0.15) is 11.5 Å². The first kappa shape index (κ1) is 20.9. The summed E-state index contributed by atoms with van der Waals surface area (Å²) in [7, 11) is 1.63. The molecule has 0 atom stereocenters. The Hall–Kier alpha value is -3.35. The molecule has 4 rings (SSSR count). The Labute approximate surface area is 182 Å². The van der Waals surface area contributed by atoms with Gasteiger partial charge in [0.15, 0.2) is 0 Å². The van der Waals surface area contributed by atoms with Crippen molar-refractivity contribution in [2.45, 2.75) is 25.7 Å². The number of methoxy groups -OCH3 is 1. The Morgan fingerprint density at radius 3 is 2.97 bits per heavy atom. The van der Waals surface area contributed by atoms with Gasteiger partial charge in [-0.15, -0.1) is 0 Å². The molecule has 7 heteroatoms. The number of likely N-dealkylation sites (tertiary alicyclic amines) is 1. The molecule has 1 saturated heterocycles. The van der Waals surface area contributed by atoms with Gasteiger partial charge < -0.3 is 19.4 Å². The molecule has 0 bridgehead atoms. The number of pyridine rings is 1. The van der Waals surface area contributed by atoms with Gasteiger partial charge in [0, 0.05) is 43.9 Å². The number of fused-ring (bicyclic) bond motifs is 1. The van der Waals surface area contributed by atoms with Crippen LogP contribution in [0.1, 0.15) is 25.0 Å². The van der Waals surface area contributed by atoms with E-state index >= 15 is 0 Å². The quantitative estimate of drug-likeness (QED) is 0.440. The first-order valence-corrected chi connectivity index (χ1v) is 10.7. The molecule has 0 aliphatic carbocycles. The van der Waals surface area contributed by atoms with Crippen molar-refractivity contribution in [3.8, 4) is 5.75 Å². The fourth-order valence-electron chi connectivity index (χ4n) is 3.83. The third kappa shape index (κ3) is 5.42. The second-order valence-electron chi connectivity index (χ2n) is 7.73. The summed E-state index contributed by atoms with van der Waals surface area (Å²) in [6.45, 7) is 2.25. The molecule has 1 N–H and O–H groups in total. The summed E-state index contributed by atoms with van der Waals surface area (Å²) in [5.41, 5.74) is 1.56. The van der Waals surface area contributed by atoms with Crippen LogP contribution in [0.5, 0.6) is 5.75 Å². The molecular formula is C24H28N4O3. The molecule has 1 aromatic carbocycles. The van der Waals surface area contributed by atoms with Gasteiger partial charge in [0.25, 0.3) is 0 Å². The molecule has 0 saturated carbocycles. The number of carbonyl (C=O) groups excluding carboxylic acids is 1. The zero-order chi connectivity index (χ0) is 21.5. The number of furan rings is 1. The number of hydrogen-bond acceptors (Lipinski definition) is 5. The highest BCUT2D eigenvalue weighted by Gasteiger charge is 2.22. The van der Waals surface area contributed by atoms with Crippen LogP contribution in [-0.4, -0.2) is 48.9 Å². The smallest absolute Gasteiger partial charge is 0.321 e. The number of benzene rings is 1. The first-order chi connectivity index (χ1) is 15.2. The molecule has 0 spiro atoms. The molecule has 3 heterocycles. The van der Waals surface area contributed by atoms with Gasteiger partial charge in [0.2, 0.25) is 0 Å². The van der Waals surface area contributed by atoms with Crippen LogP contribution in [0.25, 0.3) is 10.9 Å². The van der Waals surface area contributed by atoms with E-state index in [9.17, 15) is 4.79 Å². The SMILES string of the molecule is COc1ccc2nccc(NC(=O)N3CCC(C=NCCCc4ccco4)CC3)c2c1. The largest absolute Gasteiger partial charge is 0.497 e. The van der Waals surface area contributed by atoms with Crippen molar-refractivity contribution in [1.29, 1.82) is 0 Å². The van der Waals surface area contributed by atoms with E-state index in [-0.39, 0.29) is 6.03 Å². The van der Waals surface area contributed by atoms with Crippen molar-refractivity contribution in [2.75, 3.05) is 32.1 Å². The molecule has 1 aliphatic heterocycles. The summed E-state index contributed by atoms with van der Waals surface area (Å²) in [4.78, 5) is 23.6. The van der Waals surface area contributed by atoms with Crippen LogP contribution >= 0.6 is 0 Å². The maximum atomic E-state index is 12.8. The summed E-state index contributed by atoms with van der Waals surface area (Å²) >= 11 is 0. The minimum atomic E-state index is -0.0795. The van der Waals surface area contributed by atoms with Gasteiger partial charge in [-0.05, 0) is 61.6 Å². The summed E-state index contributed by atoms with van der Waals surface area (Å²) < 4.78 is 10.6. The van der Waals surface area contributed by atoms with Crippen LogP contribution < -0.4 is 10.1 Å². The molecular weight excluding hydrogens is 392 g/mol. The molecule has 2 aromatic heterocycles. The number of anilines is 1. The van der Waals surface area contributed by atoms with Crippen molar-refractivity contribution >= 4 is 28.8 Å². The van der Waals surface area contributed by atoms with Gasteiger partial charge in [0.05, 0.1) is 24.6 Å². The van der Waals surface area contributed by atoms with Crippen molar-refractivity contribution in [3.63, 3.8) is 0 Å². The lowest BCUT2D eigenvalue weighted by Gasteiger charge is -2.30. The number of urea groups is 1. The van der Waals surface area contributed by atoms with E-state index in [1.165, 1.54) is 0 Å². The number of rotatable bonds is 7. The molecule has 1 aliphatic rings. The lowest BCUT2D eigenvalue weighted by molar-refractivity contribution is 0.194. The number of aryl methyl sites for hydroxylation is 1. The van der Waals surface area contributed by atoms with E-state index in [0.29, 0.717) is 5.92 Å². The molecule has 2 amide bonds. The second kappa shape index (κ2) is 10.1. The molecule has 31 heavy (non-hydrogen) atoms. The monoisotopic (exact) mass is 420 g/mol. The highest BCUT2D eigenvalue weighted by molar-refractivity contribution is 6.00. The molecule has 162 valence electrons. The fraction of sp³-hybridized carbons (Fsp3) is 0.375. The summed E-state index contributed by atoms with van der Waals surface area (Å²) in [6.07, 6.45) is 9.24. The maximum absolute atomic E-state index is 12.8. The van der Waals surface area contributed by atoms with Crippen molar-refractivity contribution in [2.24, 2.45) is 10.9 Å². The zero-order valence-corrected chi connectivity index (χ0v) is 17.8. The second-order valence-corrected chi connectivity index (χ2v) is 7.73. The average molecular weight is 421 g/mol. The van der Waals surface area contributed by atoms with E-state index in [2.05, 4.69) is 21.5 Å². The standard InChI is InChI=1S/C24H28N4O3/c1-30-20-6-7-22-21(16-20)23(8-12-26-22)27-24(29)28-13-9-18(10-14-28)17-25-11-2-4-19-5-3-15-31-19/h3,5-8,12,15-18H,2,4,9-11,13-14H2,1H3,(H,26,27,29). The van der Waals surface area contributed by atoms with Crippen molar-refractivity contribution in [3.05, 3.63) is 54.6 Å². The van der Waals surface area contributed by atoms with Crippen molar-refractivity contribution in [1.82, 2.24) is 9.88 Å². The molecule has 7 nitrogen and oxygen atoms in total.